The van der Waals surface area contributed by atoms with Gasteiger partial charge in [0.2, 0.25) is 0 Å². The minimum absolute atomic E-state index is 0.154. The molecule has 1 aromatic rings. The fourth-order valence-corrected chi connectivity index (χ4v) is 2.93. The normalized spacial score (nSPS) is 25.3. The van der Waals surface area contributed by atoms with Gasteiger partial charge in [-0.25, -0.2) is 4.39 Å². The second-order valence-corrected chi connectivity index (χ2v) is 5.19. The van der Waals surface area contributed by atoms with E-state index in [1.807, 2.05) is 0 Å². The largest absolute Gasteiger partial charge is 0.307 e. The molecule has 1 unspecified atom stereocenters. The summed E-state index contributed by atoms with van der Waals surface area (Å²) in [6, 6.07) is 4.63. The van der Waals surface area contributed by atoms with Crippen LogP contribution < -0.4 is 5.32 Å². The molecular weight excluding hydrogens is 225 g/mol. The Balaban J connectivity index is 2.50. The molecule has 1 atom stereocenters. The van der Waals surface area contributed by atoms with E-state index in [4.69, 9.17) is 11.6 Å². The smallest absolute Gasteiger partial charge is 0.123 e. The first kappa shape index (κ1) is 11.9. The van der Waals surface area contributed by atoms with Gasteiger partial charge in [-0.2, -0.15) is 0 Å². The summed E-state index contributed by atoms with van der Waals surface area (Å²) in [6.07, 6.45) is 2.14. The molecule has 2 rings (SSSR count). The number of halogens is 2. The van der Waals surface area contributed by atoms with Crippen LogP contribution in [0.2, 0.25) is 5.02 Å². The van der Waals surface area contributed by atoms with E-state index < -0.39 is 0 Å². The van der Waals surface area contributed by atoms with E-state index >= 15 is 0 Å². The van der Waals surface area contributed by atoms with Crippen molar-refractivity contribution in [3.8, 4) is 0 Å². The summed E-state index contributed by atoms with van der Waals surface area (Å²) in [7, 11) is 0. The Morgan fingerprint density at radius 1 is 1.44 bits per heavy atom. The van der Waals surface area contributed by atoms with Crippen LogP contribution in [0.1, 0.15) is 32.3 Å². The van der Waals surface area contributed by atoms with Gasteiger partial charge in [-0.3, -0.25) is 0 Å². The van der Waals surface area contributed by atoms with Crippen LogP contribution >= 0.6 is 11.6 Å². The summed E-state index contributed by atoms with van der Waals surface area (Å²) >= 11 is 6.20. The highest BCUT2D eigenvalue weighted by molar-refractivity contribution is 6.31. The topological polar surface area (TPSA) is 12.0 Å². The second-order valence-electron chi connectivity index (χ2n) is 4.78. The number of hydrogen-bond donors (Lipinski definition) is 1. The standard InChI is InChI=1S/C13H17ClFN/c1-9(2)13(6-3-7-16-13)11-8-10(15)4-5-12(11)14/h4-5,8-9,16H,3,6-7H2,1-2H3. The Labute approximate surface area is 101 Å². The number of rotatable bonds is 2. The van der Waals surface area contributed by atoms with Crippen LogP contribution in [-0.2, 0) is 5.54 Å². The molecule has 3 heteroatoms. The molecule has 1 saturated heterocycles. The first-order chi connectivity index (χ1) is 7.56. The second kappa shape index (κ2) is 4.34. The zero-order valence-electron chi connectivity index (χ0n) is 9.69. The van der Waals surface area contributed by atoms with E-state index in [1.165, 1.54) is 6.07 Å². The number of hydrogen-bond acceptors (Lipinski definition) is 1. The maximum atomic E-state index is 13.3. The van der Waals surface area contributed by atoms with E-state index in [1.54, 1.807) is 12.1 Å². The molecule has 1 aromatic carbocycles. The highest BCUT2D eigenvalue weighted by Crippen LogP contribution is 2.41. The number of benzene rings is 1. The first-order valence-corrected chi connectivity index (χ1v) is 6.14. The van der Waals surface area contributed by atoms with Gasteiger partial charge in [0.05, 0.1) is 0 Å². The van der Waals surface area contributed by atoms with Gasteiger partial charge < -0.3 is 5.32 Å². The summed E-state index contributed by atoms with van der Waals surface area (Å²) in [5, 5.41) is 4.16. The predicted octanol–water partition coefficient (Wildman–Crippen LogP) is 3.71. The van der Waals surface area contributed by atoms with Gasteiger partial charge in [0.25, 0.3) is 0 Å². The Kier molecular flexibility index (Phi) is 3.22. The van der Waals surface area contributed by atoms with Gasteiger partial charge in [0.15, 0.2) is 0 Å². The maximum Gasteiger partial charge on any atom is 0.123 e. The first-order valence-electron chi connectivity index (χ1n) is 5.77. The summed E-state index contributed by atoms with van der Waals surface area (Å²) in [4.78, 5) is 0. The zero-order valence-corrected chi connectivity index (χ0v) is 10.4. The molecule has 0 saturated carbocycles. The van der Waals surface area contributed by atoms with Crippen LogP contribution in [0.15, 0.2) is 18.2 Å². The summed E-state index contributed by atoms with van der Waals surface area (Å²) in [6.45, 7) is 5.28. The molecule has 0 aliphatic carbocycles. The minimum atomic E-state index is -0.215. The third kappa shape index (κ3) is 1.85. The molecule has 1 aliphatic heterocycles. The molecule has 0 spiro atoms. The predicted molar refractivity (Wildman–Crippen MR) is 65.2 cm³/mol. The fraction of sp³-hybridized carbons (Fsp3) is 0.538. The lowest BCUT2D eigenvalue weighted by molar-refractivity contribution is 0.276. The lowest BCUT2D eigenvalue weighted by Crippen LogP contribution is -2.42. The maximum absolute atomic E-state index is 13.3. The lowest BCUT2D eigenvalue weighted by Gasteiger charge is -2.35. The van der Waals surface area contributed by atoms with Gasteiger partial charge >= 0.3 is 0 Å². The van der Waals surface area contributed by atoms with Crippen molar-refractivity contribution in [3.63, 3.8) is 0 Å². The summed E-state index contributed by atoms with van der Waals surface area (Å²) in [5.74, 6) is 0.183. The van der Waals surface area contributed by atoms with E-state index in [2.05, 4.69) is 19.2 Å². The Bertz CT molecular complexity index is 384. The average Bonchev–Trinajstić information content (AvgIpc) is 2.71. The molecule has 1 heterocycles. The van der Waals surface area contributed by atoms with E-state index in [0.29, 0.717) is 10.9 Å². The molecule has 0 radical (unpaired) electrons. The molecule has 0 aromatic heterocycles. The van der Waals surface area contributed by atoms with Crippen LogP contribution in [0.4, 0.5) is 4.39 Å². The van der Waals surface area contributed by atoms with Crippen LogP contribution in [0.5, 0.6) is 0 Å². The van der Waals surface area contributed by atoms with Crippen LogP contribution in [0.25, 0.3) is 0 Å². The average molecular weight is 242 g/mol. The van der Waals surface area contributed by atoms with Gasteiger partial charge in [-0.1, -0.05) is 25.4 Å². The van der Waals surface area contributed by atoms with E-state index in [0.717, 1.165) is 24.9 Å². The highest BCUT2D eigenvalue weighted by atomic mass is 35.5. The van der Waals surface area contributed by atoms with Crippen molar-refractivity contribution in [2.24, 2.45) is 5.92 Å². The molecule has 1 N–H and O–H groups in total. The Hall–Kier alpha value is -0.600. The van der Waals surface area contributed by atoms with E-state index in [-0.39, 0.29) is 11.4 Å². The molecule has 1 fully saturated rings. The van der Waals surface area contributed by atoms with Crippen molar-refractivity contribution in [1.82, 2.24) is 5.32 Å². The molecule has 0 amide bonds. The molecule has 16 heavy (non-hydrogen) atoms. The molecular formula is C13H17ClFN. The van der Waals surface area contributed by atoms with Crippen LogP contribution in [0, 0.1) is 11.7 Å². The van der Waals surface area contributed by atoms with E-state index in [9.17, 15) is 4.39 Å². The third-order valence-corrected chi connectivity index (χ3v) is 3.91. The molecule has 1 aliphatic rings. The van der Waals surface area contributed by atoms with Crippen molar-refractivity contribution in [1.29, 1.82) is 0 Å². The van der Waals surface area contributed by atoms with Crippen molar-refractivity contribution in [3.05, 3.63) is 34.6 Å². The lowest BCUT2D eigenvalue weighted by atomic mass is 9.79. The summed E-state index contributed by atoms with van der Waals surface area (Å²) < 4.78 is 13.3. The van der Waals surface area contributed by atoms with Crippen LogP contribution in [-0.4, -0.2) is 6.54 Å². The minimum Gasteiger partial charge on any atom is -0.307 e. The van der Waals surface area contributed by atoms with Gasteiger partial charge in [0.1, 0.15) is 5.82 Å². The van der Waals surface area contributed by atoms with Crippen molar-refractivity contribution < 1.29 is 4.39 Å². The quantitative estimate of drug-likeness (QED) is 0.832. The van der Waals surface area contributed by atoms with Crippen molar-refractivity contribution in [2.75, 3.05) is 6.54 Å². The monoisotopic (exact) mass is 241 g/mol. The Morgan fingerprint density at radius 3 is 2.75 bits per heavy atom. The summed E-state index contributed by atoms with van der Waals surface area (Å²) in [5.41, 5.74) is 0.751. The molecule has 88 valence electrons. The molecule has 0 bridgehead atoms. The van der Waals surface area contributed by atoms with Crippen molar-refractivity contribution in [2.45, 2.75) is 32.2 Å². The van der Waals surface area contributed by atoms with Gasteiger partial charge in [-0.05, 0) is 49.1 Å². The van der Waals surface area contributed by atoms with Gasteiger partial charge in [-0.15, -0.1) is 0 Å². The van der Waals surface area contributed by atoms with Crippen LogP contribution in [0.3, 0.4) is 0 Å². The Morgan fingerprint density at radius 2 is 2.19 bits per heavy atom. The highest BCUT2D eigenvalue weighted by Gasteiger charge is 2.39. The third-order valence-electron chi connectivity index (χ3n) is 3.58. The van der Waals surface area contributed by atoms with Crippen molar-refractivity contribution >= 4 is 11.6 Å². The van der Waals surface area contributed by atoms with Gasteiger partial charge in [0, 0.05) is 10.6 Å². The number of nitrogens with one attached hydrogen (secondary N) is 1. The molecule has 1 nitrogen and oxygen atoms in total. The zero-order chi connectivity index (χ0) is 11.8. The fourth-order valence-electron chi connectivity index (χ4n) is 2.64. The SMILES string of the molecule is CC(C)C1(c2cc(F)ccc2Cl)CCCN1.